The van der Waals surface area contributed by atoms with Crippen molar-refractivity contribution < 1.29 is 23.7 Å². The van der Waals surface area contributed by atoms with E-state index in [1.807, 2.05) is 0 Å². The highest BCUT2D eigenvalue weighted by molar-refractivity contribution is 5.27. The zero-order valence-electron chi connectivity index (χ0n) is 11.9. The third-order valence-electron chi connectivity index (χ3n) is 5.61. The smallest absolute Gasteiger partial charge is 0.163 e. The van der Waals surface area contributed by atoms with E-state index >= 15 is 0 Å². The first-order chi connectivity index (χ1) is 9.76. The number of rotatable bonds is 4. The molecule has 3 fully saturated rings. The number of hydrogen-bond donors (Lipinski definition) is 0. The second-order valence-corrected chi connectivity index (χ2v) is 6.41. The van der Waals surface area contributed by atoms with Crippen molar-refractivity contribution in [1.29, 1.82) is 0 Å². The quantitative estimate of drug-likeness (QED) is 0.583. The summed E-state index contributed by atoms with van der Waals surface area (Å²) in [6, 6.07) is 0. The Hall–Kier alpha value is -0.620. The molecule has 2 bridgehead atoms. The minimum atomic E-state index is -0.437. The molecule has 0 aromatic heterocycles. The molecular formula is C15H22O5. The molecule has 4 unspecified atom stereocenters. The molecule has 3 aliphatic heterocycles. The van der Waals surface area contributed by atoms with E-state index in [0.717, 1.165) is 19.3 Å². The molecule has 112 valence electrons. The topological polar surface area (TPSA) is 46.2 Å². The maximum Gasteiger partial charge on any atom is 0.163 e. The van der Waals surface area contributed by atoms with Crippen LogP contribution in [0, 0.1) is 5.41 Å². The number of hydrogen-bond acceptors (Lipinski definition) is 5. The molecule has 20 heavy (non-hydrogen) atoms. The molecule has 1 aliphatic carbocycles. The summed E-state index contributed by atoms with van der Waals surface area (Å²) in [5, 5.41) is 0. The second kappa shape index (κ2) is 4.44. The first-order valence-corrected chi connectivity index (χ1v) is 7.48. The Labute approximate surface area is 119 Å². The van der Waals surface area contributed by atoms with E-state index in [1.54, 1.807) is 13.4 Å². The summed E-state index contributed by atoms with van der Waals surface area (Å²) in [6.07, 6.45) is 9.34. The molecule has 1 spiro atoms. The highest BCUT2D eigenvalue weighted by Crippen LogP contribution is 2.66. The predicted molar refractivity (Wildman–Crippen MR) is 69.9 cm³/mol. The van der Waals surface area contributed by atoms with Gasteiger partial charge in [-0.15, -0.1) is 0 Å². The van der Waals surface area contributed by atoms with Crippen LogP contribution in [0.1, 0.15) is 32.1 Å². The van der Waals surface area contributed by atoms with Gasteiger partial charge in [0, 0.05) is 13.5 Å². The summed E-state index contributed by atoms with van der Waals surface area (Å²) in [7, 11) is 1.63. The van der Waals surface area contributed by atoms with Crippen molar-refractivity contribution in [2.45, 2.75) is 49.6 Å². The maximum absolute atomic E-state index is 6.29. The van der Waals surface area contributed by atoms with Crippen molar-refractivity contribution in [2.75, 3.05) is 27.1 Å². The van der Waals surface area contributed by atoms with Gasteiger partial charge in [-0.2, -0.15) is 0 Å². The van der Waals surface area contributed by atoms with E-state index in [9.17, 15) is 0 Å². The maximum atomic E-state index is 6.29. The first kappa shape index (κ1) is 13.1. The van der Waals surface area contributed by atoms with Crippen molar-refractivity contribution in [3.63, 3.8) is 0 Å². The SMILES string of the molecule is COCOCC12COC3CC14CCCCC4(C=CO2)O3. The second-order valence-electron chi connectivity index (χ2n) is 6.41. The Morgan fingerprint density at radius 2 is 2.20 bits per heavy atom. The molecule has 0 aromatic rings. The fourth-order valence-corrected chi connectivity index (χ4v) is 4.74. The third kappa shape index (κ3) is 1.47. The van der Waals surface area contributed by atoms with Gasteiger partial charge in [0.2, 0.25) is 0 Å². The van der Waals surface area contributed by atoms with Gasteiger partial charge in [-0.3, -0.25) is 0 Å². The lowest BCUT2D eigenvalue weighted by Crippen LogP contribution is -2.67. The predicted octanol–water partition coefficient (Wildman–Crippen LogP) is 1.97. The van der Waals surface area contributed by atoms with Crippen molar-refractivity contribution >= 4 is 0 Å². The Kier molecular flexibility index (Phi) is 2.90. The normalized spacial score (nSPS) is 48.8. The Morgan fingerprint density at radius 1 is 1.30 bits per heavy atom. The van der Waals surface area contributed by atoms with Crippen molar-refractivity contribution in [2.24, 2.45) is 5.41 Å². The van der Waals surface area contributed by atoms with Crippen LogP contribution < -0.4 is 0 Å². The molecule has 0 amide bonds. The summed E-state index contributed by atoms with van der Waals surface area (Å²) in [5.41, 5.74) is -0.668. The average molecular weight is 282 g/mol. The largest absolute Gasteiger partial charge is 0.490 e. The minimum Gasteiger partial charge on any atom is -0.490 e. The molecular weight excluding hydrogens is 260 g/mol. The van der Waals surface area contributed by atoms with Crippen LogP contribution in [0.15, 0.2) is 12.3 Å². The first-order valence-electron chi connectivity index (χ1n) is 7.48. The van der Waals surface area contributed by atoms with E-state index in [0.29, 0.717) is 13.2 Å². The van der Waals surface area contributed by atoms with Gasteiger partial charge < -0.3 is 23.7 Å². The lowest BCUT2D eigenvalue weighted by molar-refractivity contribution is -0.235. The van der Waals surface area contributed by atoms with Crippen LogP contribution >= 0.6 is 0 Å². The zero-order valence-corrected chi connectivity index (χ0v) is 11.9. The van der Waals surface area contributed by atoms with Gasteiger partial charge >= 0.3 is 0 Å². The Bertz CT molecular complexity index is 424. The molecule has 2 saturated heterocycles. The van der Waals surface area contributed by atoms with Crippen LogP contribution in [0.5, 0.6) is 0 Å². The van der Waals surface area contributed by atoms with E-state index in [4.69, 9.17) is 23.7 Å². The molecule has 0 aromatic carbocycles. The van der Waals surface area contributed by atoms with Gasteiger partial charge in [-0.25, -0.2) is 0 Å². The van der Waals surface area contributed by atoms with Crippen LogP contribution in [0.2, 0.25) is 0 Å². The van der Waals surface area contributed by atoms with Crippen LogP contribution in [-0.2, 0) is 23.7 Å². The van der Waals surface area contributed by atoms with Gasteiger partial charge in [0.25, 0.3) is 0 Å². The standard InChI is InChI=1S/C15H22O5/c1-16-11-17-9-15-10-18-12-8-13(15)4-2-3-5-14(13,20-12)6-7-19-15/h6-7,12H,2-5,8-11H2,1H3. The Morgan fingerprint density at radius 3 is 3.10 bits per heavy atom. The van der Waals surface area contributed by atoms with E-state index in [1.165, 1.54) is 12.8 Å². The van der Waals surface area contributed by atoms with Crippen LogP contribution in [-0.4, -0.2) is 44.6 Å². The summed E-state index contributed by atoms with van der Waals surface area (Å²) in [6.45, 7) is 1.30. The van der Waals surface area contributed by atoms with Gasteiger partial charge in [-0.05, 0) is 18.9 Å². The number of methoxy groups -OCH3 is 1. The summed E-state index contributed by atoms with van der Waals surface area (Å²) < 4.78 is 29.0. The van der Waals surface area contributed by atoms with E-state index < -0.39 is 5.60 Å². The van der Waals surface area contributed by atoms with E-state index in [2.05, 4.69) is 6.08 Å². The molecule has 5 nitrogen and oxygen atoms in total. The lowest BCUT2D eigenvalue weighted by Gasteiger charge is -2.58. The highest BCUT2D eigenvalue weighted by atomic mass is 16.7. The van der Waals surface area contributed by atoms with E-state index in [-0.39, 0.29) is 24.1 Å². The monoisotopic (exact) mass is 282 g/mol. The zero-order chi connectivity index (χ0) is 13.7. The molecule has 5 heteroatoms. The molecule has 0 radical (unpaired) electrons. The van der Waals surface area contributed by atoms with Crippen molar-refractivity contribution in [3.05, 3.63) is 12.3 Å². The molecule has 4 rings (SSSR count). The Balaban J connectivity index is 1.72. The molecule has 1 saturated carbocycles. The van der Waals surface area contributed by atoms with Crippen LogP contribution in [0.3, 0.4) is 0 Å². The molecule has 4 atom stereocenters. The van der Waals surface area contributed by atoms with Gasteiger partial charge in [-0.1, -0.05) is 12.8 Å². The van der Waals surface area contributed by atoms with Crippen LogP contribution in [0.4, 0.5) is 0 Å². The third-order valence-corrected chi connectivity index (χ3v) is 5.61. The molecule has 3 heterocycles. The van der Waals surface area contributed by atoms with Crippen molar-refractivity contribution in [1.82, 2.24) is 0 Å². The summed E-state index contributed by atoms with van der Waals surface area (Å²) in [5.74, 6) is 0. The molecule has 4 aliphatic rings. The van der Waals surface area contributed by atoms with Gasteiger partial charge in [0.05, 0.1) is 24.9 Å². The number of ether oxygens (including phenoxy) is 5. The van der Waals surface area contributed by atoms with Crippen molar-refractivity contribution in [3.8, 4) is 0 Å². The van der Waals surface area contributed by atoms with Gasteiger partial charge in [0.15, 0.2) is 11.9 Å². The summed E-state index contributed by atoms with van der Waals surface area (Å²) >= 11 is 0. The van der Waals surface area contributed by atoms with Crippen LogP contribution in [0.25, 0.3) is 0 Å². The minimum absolute atomic E-state index is 0.0103. The number of fused-ring (bicyclic) bond motifs is 1. The average Bonchev–Trinajstić information content (AvgIpc) is 2.79. The fourth-order valence-electron chi connectivity index (χ4n) is 4.74. The highest BCUT2D eigenvalue weighted by Gasteiger charge is 2.73. The molecule has 0 N–H and O–H groups in total. The summed E-state index contributed by atoms with van der Waals surface area (Å²) in [4.78, 5) is 0. The lowest BCUT2D eigenvalue weighted by atomic mass is 9.53. The van der Waals surface area contributed by atoms with Gasteiger partial charge in [0.1, 0.15) is 12.4 Å². The fraction of sp³-hybridized carbons (Fsp3) is 0.867.